The second kappa shape index (κ2) is 8.11. The van der Waals surface area contributed by atoms with Gasteiger partial charge in [0.25, 0.3) is 0 Å². The molecule has 0 amide bonds. The number of rotatable bonds is 2. The van der Waals surface area contributed by atoms with Crippen molar-refractivity contribution in [3.05, 3.63) is 121 Å². The molecule has 190 valence electrons. The van der Waals surface area contributed by atoms with Gasteiger partial charge < -0.3 is 13.3 Å². The molecule has 0 bridgehead atoms. The van der Waals surface area contributed by atoms with Crippen LogP contribution < -0.4 is 0 Å². The van der Waals surface area contributed by atoms with Crippen molar-refractivity contribution in [2.24, 2.45) is 0 Å². The van der Waals surface area contributed by atoms with Gasteiger partial charge in [-0.25, -0.2) is 0 Å². The summed E-state index contributed by atoms with van der Waals surface area (Å²) in [6.07, 6.45) is 0. The maximum atomic E-state index is 9.38. The summed E-state index contributed by atoms with van der Waals surface area (Å²) in [7, 11) is 0. The maximum absolute atomic E-state index is 9.38. The third kappa shape index (κ3) is 3.27. The number of benzene rings is 6. The molecule has 3 heterocycles. The average molecular weight is 526 g/mol. The minimum absolute atomic E-state index is 0.618. The first kappa shape index (κ1) is 22.1. The van der Waals surface area contributed by atoms with Crippen molar-refractivity contribution in [3.63, 3.8) is 0 Å². The van der Waals surface area contributed by atoms with Crippen LogP contribution in [0.15, 0.2) is 129 Å². The number of fused-ring (bicyclic) bond motifs is 9. The van der Waals surface area contributed by atoms with E-state index < -0.39 is 0 Å². The van der Waals surface area contributed by atoms with Crippen molar-refractivity contribution >= 4 is 65.8 Å². The van der Waals surface area contributed by atoms with Crippen molar-refractivity contribution in [2.45, 2.75) is 0 Å². The van der Waals surface area contributed by atoms with E-state index in [4.69, 9.17) is 13.3 Å². The highest BCUT2D eigenvalue weighted by Gasteiger charge is 2.14. The van der Waals surface area contributed by atoms with Crippen LogP contribution in [0.4, 0.5) is 0 Å². The maximum Gasteiger partial charge on any atom is 0.135 e. The molecule has 6 aromatic carbocycles. The Morgan fingerprint density at radius 3 is 1.20 bits per heavy atom. The van der Waals surface area contributed by atoms with Crippen LogP contribution in [0.3, 0.4) is 0 Å². The van der Waals surface area contributed by atoms with E-state index >= 15 is 0 Å². The van der Waals surface area contributed by atoms with Crippen LogP contribution >= 0.6 is 0 Å². The molecule has 41 heavy (non-hydrogen) atoms. The van der Waals surface area contributed by atoms with E-state index in [2.05, 4.69) is 72.8 Å². The summed E-state index contributed by atoms with van der Waals surface area (Å²) in [5.41, 5.74) is 10.1. The van der Waals surface area contributed by atoms with Gasteiger partial charge in [0, 0.05) is 32.3 Å². The third-order valence-electron chi connectivity index (χ3n) is 8.11. The Labute approximate surface area is 233 Å². The molecule has 0 fully saturated rings. The van der Waals surface area contributed by atoms with Gasteiger partial charge in [0.05, 0.1) is 11.6 Å². The molecule has 0 N–H and O–H groups in total. The monoisotopic (exact) mass is 525 g/mol. The minimum atomic E-state index is 0.618. The van der Waals surface area contributed by atoms with Crippen molar-refractivity contribution in [2.75, 3.05) is 0 Å². The SMILES string of the molecule is N#Cc1ccc2oc3ccc(-c4ccc5oc6ccc(-c7ccc8oc9ccccc9c8c7)cc6c5c4)cc3c2c1. The summed E-state index contributed by atoms with van der Waals surface area (Å²) in [5.74, 6) is 0. The molecular weight excluding hydrogens is 506 g/mol. The second-order valence-electron chi connectivity index (χ2n) is 10.5. The number of nitrogens with zero attached hydrogens (tertiary/aromatic N) is 1. The summed E-state index contributed by atoms with van der Waals surface area (Å²) >= 11 is 0. The molecule has 3 aromatic heterocycles. The first-order valence-corrected chi connectivity index (χ1v) is 13.5. The van der Waals surface area contributed by atoms with E-state index in [1.807, 2.05) is 42.5 Å². The zero-order chi connectivity index (χ0) is 27.1. The number of hydrogen-bond acceptors (Lipinski definition) is 4. The van der Waals surface area contributed by atoms with Crippen molar-refractivity contribution in [1.82, 2.24) is 0 Å². The van der Waals surface area contributed by atoms with Gasteiger partial charge in [-0.15, -0.1) is 0 Å². The van der Waals surface area contributed by atoms with Gasteiger partial charge in [0.15, 0.2) is 0 Å². The highest BCUT2D eigenvalue weighted by molar-refractivity contribution is 6.10. The quantitative estimate of drug-likeness (QED) is 0.225. The Balaban J connectivity index is 1.19. The Kier molecular flexibility index (Phi) is 4.37. The van der Waals surface area contributed by atoms with Gasteiger partial charge >= 0.3 is 0 Å². The standard InChI is InChI=1S/C37H19NO3/c38-20-21-5-10-33-27(15-21)29-17-23(7-12-35(29)40-33)25-9-14-37-31(19-25)30-18-24(8-13-36(30)41-37)22-6-11-34-28(16-22)26-3-1-2-4-32(26)39-34/h1-19H. The predicted octanol–water partition coefficient (Wildman–Crippen LogP) is 10.6. The lowest BCUT2D eigenvalue weighted by atomic mass is 9.98. The molecule has 0 aliphatic heterocycles. The van der Waals surface area contributed by atoms with Crippen LogP contribution in [0.2, 0.25) is 0 Å². The number of hydrogen-bond donors (Lipinski definition) is 0. The predicted molar refractivity (Wildman–Crippen MR) is 164 cm³/mol. The van der Waals surface area contributed by atoms with E-state index in [9.17, 15) is 5.26 Å². The van der Waals surface area contributed by atoms with Crippen LogP contribution in [0.5, 0.6) is 0 Å². The molecule has 9 rings (SSSR count). The minimum Gasteiger partial charge on any atom is -0.456 e. The van der Waals surface area contributed by atoms with Crippen molar-refractivity contribution in [1.29, 1.82) is 5.26 Å². The lowest BCUT2D eigenvalue weighted by Gasteiger charge is -2.04. The first-order chi connectivity index (χ1) is 20.2. The molecule has 0 saturated carbocycles. The molecule has 0 atom stereocenters. The van der Waals surface area contributed by atoms with E-state index in [0.29, 0.717) is 5.56 Å². The zero-order valence-electron chi connectivity index (χ0n) is 21.6. The normalized spacial score (nSPS) is 11.9. The molecule has 0 saturated heterocycles. The highest BCUT2D eigenvalue weighted by atomic mass is 16.3. The summed E-state index contributed by atoms with van der Waals surface area (Å²) in [6.45, 7) is 0. The molecule has 4 heteroatoms. The second-order valence-corrected chi connectivity index (χ2v) is 10.5. The molecule has 4 nitrogen and oxygen atoms in total. The summed E-state index contributed by atoms with van der Waals surface area (Å²) in [6, 6.07) is 41.2. The van der Waals surface area contributed by atoms with Crippen LogP contribution in [0.1, 0.15) is 5.56 Å². The highest BCUT2D eigenvalue weighted by Crippen LogP contribution is 2.38. The van der Waals surface area contributed by atoms with Gasteiger partial charge in [-0.05, 0) is 95.1 Å². The van der Waals surface area contributed by atoms with Crippen molar-refractivity contribution in [3.8, 4) is 28.3 Å². The van der Waals surface area contributed by atoms with Gasteiger partial charge in [0.2, 0.25) is 0 Å². The average Bonchev–Trinajstić information content (AvgIpc) is 3.70. The van der Waals surface area contributed by atoms with E-state index in [-0.39, 0.29) is 0 Å². The van der Waals surface area contributed by atoms with Gasteiger partial charge in [-0.2, -0.15) is 5.26 Å². The number of nitriles is 1. The van der Waals surface area contributed by atoms with Crippen molar-refractivity contribution < 1.29 is 13.3 Å². The van der Waals surface area contributed by atoms with Gasteiger partial charge in [-0.1, -0.05) is 42.5 Å². The Hall–Kier alpha value is -5.79. The Bertz CT molecular complexity index is 2550. The summed E-state index contributed by atoms with van der Waals surface area (Å²) < 4.78 is 18.3. The van der Waals surface area contributed by atoms with Crippen LogP contribution in [-0.2, 0) is 0 Å². The molecule has 0 spiro atoms. The Morgan fingerprint density at radius 1 is 0.366 bits per heavy atom. The Morgan fingerprint density at radius 2 is 0.732 bits per heavy atom. The van der Waals surface area contributed by atoms with Crippen LogP contribution in [0, 0.1) is 11.3 Å². The fraction of sp³-hybridized carbons (Fsp3) is 0. The topological polar surface area (TPSA) is 63.2 Å². The van der Waals surface area contributed by atoms with Crippen LogP contribution in [-0.4, -0.2) is 0 Å². The first-order valence-electron chi connectivity index (χ1n) is 13.5. The van der Waals surface area contributed by atoms with E-state index in [0.717, 1.165) is 88.1 Å². The van der Waals surface area contributed by atoms with E-state index in [1.54, 1.807) is 6.07 Å². The summed E-state index contributed by atoms with van der Waals surface area (Å²) in [4.78, 5) is 0. The molecule has 0 aliphatic rings. The smallest absolute Gasteiger partial charge is 0.135 e. The van der Waals surface area contributed by atoms with Gasteiger partial charge in [0.1, 0.15) is 33.5 Å². The molecule has 0 aliphatic carbocycles. The lowest BCUT2D eigenvalue weighted by molar-refractivity contribution is 0.668. The fourth-order valence-corrected chi connectivity index (χ4v) is 6.07. The zero-order valence-corrected chi connectivity index (χ0v) is 21.6. The summed E-state index contributed by atoms with van der Waals surface area (Å²) in [5, 5.41) is 15.7. The fourth-order valence-electron chi connectivity index (χ4n) is 6.07. The lowest BCUT2D eigenvalue weighted by Crippen LogP contribution is -1.80. The molecule has 0 radical (unpaired) electrons. The van der Waals surface area contributed by atoms with Gasteiger partial charge in [-0.3, -0.25) is 0 Å². The largest absolute Gasteiger partial charge is 0.456 e. The molecular formula is C37H19NO3. The van der Waals surface area contributed by atoms with E-state index in [1.165, 1.54) is 0 Å². The number of para-hydroxylation sites is 1. The van der Waals surface area contributed by atoms with Crippen LogP contribution in [0.25, 0.3) is 88.1 Å². The third-order valence-corrected chi connectivity index (χ3v) is 8.11. The molecule has 0 unspecified atom stereocenters. The molecule has 9 aromatic rings. The number of furan rings is 3.